The first kappa shape index (κ1) is 74.3. The second-order valence-corrected chi connectivity index (χ2v) is 30.6. The molecule has 0 saturated carbocycles. The number of carbonyl (C=O) groups excluding carboxylic acids is 1. The van der Waals surface area contributed by atoms with Crippen molar-refractivity contribution >= 4 is 207 Å². The minimum atomic E-state index is -3.39. The Kier molecular flexibility index (Phi) is 26.1. The van der Waals surface area contributed by atoms with Crippen LogP contribution in [0, 0.1) is 0 Å². The Labute approximate surface area is 629 Å². The Morgan fingerprint density at radius 2 is 0.833 bits per heavy atom. The molecule has 29 heteroatoms. The van der Waals surface area contributed by atoms with Crippen LogP contribution in [0.15, 0.2) is 150 Å². The van der Waals surface area contributed by atoms with E-state index in [9.17, 15) is 33.7 Å². The number of rotatable bonds is 3. The summed E-state index contributed by atoms with van der Waals surface area (Å²) in [6.07, 6.45) is 3.50. The van der Waals surface area contributed by atoms with Gasteiger partial charge in [0.1, 0.15) is 0 Å². The molecule has 8 aromatic carbocycles. The molecule has 3 fully saturated rings. The molecule has 21 nitrogen and oxygen atoms in total. The van der Waals surface area contributed by atoms with Gasteiger partial charge in [-0.3, -0.25) is 22.4 Å². The van der Waals surface area contributed by atoms with Crippen molar-refractivity contribution in [1.29, 1.82) is 0 Å². The van der Waals surface area contributed by atoms with Crippen LogP contribution in [0.2, 0.25) is 0 Å². The number of nitrogens with zero attached hydrogens (tertiary/aromatic N) is 6. The summed E-state index contributed by atoms with van der Waals surface area (Å²) in [6, 6.07) is 37.1. The van der Waals surface area contributed by atoms with E-state index >= 15 is 0 Å². The molecule has 0 amide bonds. The van der Waals surface area contributed by atoms with Crippen molar-refractivity contribution < 1.29 is 100.0 Å². The average Bonchev–Trinajstić information content (AvgIpc) is 1.88. The Hall–Kier alpha value is -3.10. The first-order chi connectivity index (χ1) is 41.6. The van der Waals surface area contributed by atoms with Crippen molar-refractivity contribution in [3.63, 3.8) is 0 Å². The summed E-state index contributed by atoms with van der Waals surface area (Å²) in [5.74, 6) is 0. The molecule has 0 atom stereocenters. The van der Waals surface area contributed by atoms with Crippen LogP contribution >= 0.6 is 31.9 Å². The molecular weight excluding hydrogens is 1420 g/mol. The zero-order chi connectivity index (χ0) is 62.0. The van der Waals surface area contributed by atoms with Crippen LogP contribution in [0.1, 0.15) is 26.7 Å². The summed E-state index contributed by atoms with van der Waals surface area (Å²) in [6.45, 7) is 12.5. The summed E-state index contributed by atoms with van der Waals surface area (Å²) < 4.78 is 106. The summed E-state index contributed by atoms with van der Waals surface area (Å²) in [5.41, 5.74) is 5.24. The van der Waals surface area contributed by atoms with Gasteiger partial charge in [-0.1, -0.05) is 87.8 Å². The van der Waals surface area contributed by atoms with Crippen LogP contribution in [-0.4, -0.2) is 203 Å². The Bertz CT molecular complexity index is 4400. The smallest absolute Gasteiger partial charge is 0.662 e. The molecule has 0 aliphatic carbocycles. The molecule has 7 heterocycles. The first-order valence-corrected chi connectivity index (χ1v) is 35.6. The quantitative estimate of drug-likeness (QED) is 0.0815. The molecule has 7 aliphatic rings. The standard InChI is InChI=1S/C17H21N3O2S.C16H19N3O2S.C11H8BrNO2S.C10H6BrNO2S.C5H12N2.CH2O3.CH4.2K/c1-18-9-4-10-20(12-11-18)14-7-8-15-17-13(14)5-3-6-16(17)23(21,22)19(15)2;1-18-14-7-6-13(19-10-3-8-17-9-11-19)12-4-2-5-15(16(12)14)22(18,20)21;1-13-9-6-5-8(12)7-3-2-4-10(11(7)9)16(13,14)15;11-7-4-5-8-10-6(7)2-1-3-9(10)15(13,14)12-8;1-2-6-4-5-7-3-1;2-1-4-3;;;/h3,5-8H,4,9-12H2,1-2H3;2,4-7,17H,3,8-11H2,1H3;2-6H,1H3;1-5,12H;6-7H,1-5H2;1,3H;1H4;;/q;;;;;;;;+1/p-1. The molecule has 90 heavy (non-hydrogen) atoms. The third kappa shape index (κ3) is 15.0. The van der Waals surface area contributed by atoms with E-state index in [2.05, 4.69) is 91.3 Å². The third-order valence-electron chi connectivity index (χ3n) is 16.2. The molecule has 8 aromatic rings. The van der Waals surface area contributed by atoms with Crippen LogP contribution in [-0.2, 0) is 49.8 Å². The van der Waals surface area contributed by atoms with E-state index < -0.39 is 40.1 Å². The first-order valence-electron chi connectivity index (χ1n) is 28.2. The summed E-state index contributed by atoms with van der Waals surface area (Å²) in [7, 11) is -6.48. The maximum absolute atomic E-state index is 12.6. The third-order valence-corrected chi connectivity index (χ3v) is 24.5. The monoisotopic (exact) mass is 1480 g/mol. The van der Waals surface area contributed by atoms with Gasteiger partial charge in [0.05, 0.1) is 42.3 Å². The topological polar surface area (TPSA) is 253 Å². The van der Waals surface area contributed by atoms with Gasteiger partial charge in [0.15, 0.2) is 0 Å². The number of carbonyl (C=O) groups is 1. The van der Waals surface area contributed by atoms with E-state index in [-0.39, 0.29) is 117 Å². The summed E-state index contributed by atoms with van der Waals surface area (Å²) in [4.78, 5) is 19.9. The second-order valence-electron chi connectivity index (χ2n) is 21.4. The van der Waals surface area contributed by atoms with Crippen molar-refractivity contribution in [1.82, 2.24) is 20.9 Å². The number of benzene rings is 8. The molecule has 7 aliphatic heterocycles. The van der Waals surface area contributed by atoms with E-state index in [1.165, 1.54) is 32.4 Å². The molecule has 0 aromatic heterocycles. The van der Waals surface area contributed by atoms with Gasteiger partial charge in [-0.2, -0.15) is 0 Å². The molecule has 4 N–H and O–H groups in total. The van der Waals surface area contributed by atoms with Crippen molar-refractivity contribution in [2.75, 3.05) is 134 Å². The van der Waals surface area contributed by atoms with Crippen molar-refractivity contribution in [3.05, 3.63) is 130 Å². The zero-order valence-electron chi connectivity index (χ0n) is 50.3. The van der Waals surface area contributed by atoms with Crippen LogP contribution in [0.4, 0.5) is 34.1 Å². The predicted molar refractivity (Wildman–Crippen MR) is 363 cm³/mol. The molecule has 471 valence electrons. The zero-order valence-corrected chi connectivity index (χ0v) is 63.0. The number of hydrogen-bond acceptors (Lipinski definition) is 17. The molecule has 0 spiro atoms. The average molecular weight is 1490 g/mol. The normalized spacial score (nSPS) is 18.2. The van der Waals surface area contributed by atoms with Gasteiger partial charge in [0.25, 0.3) is 46.6 Å². The number of hydrogen-bond donors (Lipinski definition) is 4. The largest absolute Gasteiger partial charge is 1.00 e. The number of sulfonamides is 4. The summed E-state index contributed by atoms with van der Waals surface area (Å²) >= 11 is 6.84. The molecule has 1 radical (unpaired) electrons. The van der Waals surface area contributed by atoms with Gasteiger partial charge in [-0.25, -0.2) is 33.7 Å². The van der Waals surface area contributed by atoms with E-state index in [4.69, 9.17) is 10.1 Å². The number of nitrogens with one attached hydrogen (secondary N) is 4. The minimum absolute atomic E-state index is 0. The van der Waals surface area contributed by atoms with Crippen LogP contribution < -0.4 is 100 Å². The van der Waals surface area contributed by atoms with Gasteiger partial charge in [0.2, 0.25) is 0 Å². The van der Waals surface area contributed by atoms with Crippen molar-refractivity contribution in [2.24, 2.45) is 0 Å². The van der Waals surface area contributed by atoms with Crippen LogP contribution in [0.25, 0.3) is 43.1 Å². The fraction of sp³-hybridized carbons (Fsp3) is 0.328. The molecular formula is C61H71Br2K2N10O11S4. The minimum Gasteiger partial charge on any atom is -0.662 e. The van der Waals surface area contributed by atoms with E-state index in [1.54, 1.807) is 63.6 Å². The Morgan fingerprint density at radius 3 is 1.33 bits per heavy atom. The van der Waals surface area contributed by atoms with Gasteiger partial charge in [-0.15, -0.1) is 0 Å². The van der Waals surface area contributed by atoms with Crippen molar-refractivity contribution in [3.8, 4) is 0 Å². The molecule has 0 bridgehead atoms. The van der Waals surface area contributed by atoms with Crippen LogP contribution in [0.5, 0.6) is 0 Å². The van der Waals surface area contributed by atoms with Crippen LogP contribution in [0.3, 0.4) is 0 Å². The SMILES string of the molecule is C.C1CNCCNC1.CN1CCCN(c2ccc3c4c(cccc24)S(=O)(=O)N3C)CC1.CN1c2ccc(Br)c3cccc(c23)S1(=O)=O.CN1c2ccc(N3CCCNCC3)c3cccc(c23)S1(=O)=O.O=CO[O-].O=S1(=O)Nc2ccc(Br)c3cccc1c23.[K+].[K]. The number of likely N-dealkylation sites (N-methyl/N-ethyl adjacent to an activating group) is 1. The number of anilines is 6. The van der Waals surface area contributed by atoms with Gasteiger partial charge >= 0.3 is 51.4 Å². The maximum atomic E-state index is 12.6. The maximum Gasteiger partial charge on any atom is 1.00 e. The van der Waals surface area contributed by atoms with E-state index in [0.29, 0.717) is 25.3 Å². The Balaban J connectivity index is 0.000000161. The summed E-state index contributed by atoms with van der Waals surface area (Å²) in [5, 5.41) is 25.6. The van der Waals surface area contributed by atoms with Crippen molar-refractivity contribution in [2.45, 2.75) is 46.3 Å². The molecule has 3 saturated heterocycles. The number of halogens is 2. The fourth-order valence-electron chi connectivity index (χ4n) is 11.8. The van der Waals surface area contributed by atoms with Gasteiger partial charge < -0.3 is 40.8 Å². The van der Waals surface area contributed by atoms with E-state index in [1.807, 2.05) is 66.7 Å². The van der Waals surface area contributed by atoms with Gasteiger partial charge in [0, 0.05) is 178 Å². The molecule has 0 unspecified atom stereocenters. The second kappa shape index (κ2) is 31.6. The van der Waals surface area contributed by atoms with Gasteiger partial charge in [-0.05, 0) is 136 Å². The Morgan fingerprint density at radius 1 is 0.444 bits per heavy atom. The van der Waals surface area contributed by atoms with E-state index in [0.717, 1.165) is 159 Å². The fourth-order valence-corrected chi connectivity index (χ4v) is 18.3. The molecule has 15 rings (SSSR count). The predicted octanol–water partition coefficient (Wildman–Crippen LogP) is 4.62.